The molecular formula is C20H18ClN5OS. The molecule has 0 unspecified atom stereocenters. The zero-order valence-corrected chi connectivity index (χ0v) is 16.7. The van der Waals surface area contributed by atoms with Gasteiger partial charge in [0, 0.05) is 39.7 Å². The second-order valence-electron chi connectivity index (χ2n) is 6.32. The second kappa shape index (κ2) is 8.00. The van der Waals surface area contributed by atoms with Crippen molar-refractivity contribution < 1.29 is 4.79 Å². The Bertz CT molecular complexity index is 1110. The highest BCUT2D eigenvalue weighted by Gasteiger charge is 2.10. The quantitative estimate of drug-likeness (QED) is 0.509. The summed E-state index contributed by atoms with van der Waals surface area (Å²) in [7, 11) is 0. The van der Waals surface area contributed by atoms with Crippen LogP contribution in [0.5, 0.6) is 0 Å². The number of pyridine rings is 1. The van der Waals surface area contributed by atoms with Crippen LogP contribution in [0, 0.1) is 6.92 Å². The van der Waals surface area contributed by atoms with Crippen LogP contribution in [0.15, 0.2) is 55.2 Å². The third-order valence-corrected chi connectivity index (χ3v) is 5.95. The van der Waals surface area contributed by atoms with Crippen molar-refractivity contribution in [2.45, 2.75) is 20.0 Å². The Kier molecular flexibility index (Phi) is 5.27. The summed E-state index contributed by atoms with van der Waals surface area (Å²) >= 11 is 7.75. The number of aromatic nitrogens is 3. The number of carbonyl (C=O) groups excluding carboxylic acids is 1. The van der Waals surface area contributed by atoms with Gasteiger partial charge in [-0.2, -0.15) is 0 Å². The van der Waals surface area contributed by atoms with Gasteiger partial charge in [-0.25, -0.2) is 14.8 Å². The molecule has 4 rings (SSSR count). The van der Waals surface area contributed by atoms with Crippen LogP contribution in [0.1, 0.15) is 16.0 Å². The van der Waals surface area contributed by atoms with Crippen molar-refractivity contribution in [1.82, 2.24) is 25.2 Å². The fourth-order valence-electron chi connectivity index (χ4n) is 2.89. The summed E-state index contributed by atoms with van der Waals surface area (Å²) in [5, 5.41) is 7.63. The van der Waals surface area contributed by atoms with Crippen molar-refractivity contribution in [2.75, 3.05) is 0 Å². The summed E-state index contributed by atoms with van der Waals surface area (Å²) < 4.78 is 2.99. The van der Waals surface area contributed by atoms with Crippen molar-refractivity contribution in [2.24, 2.45) is 0 Å². The molecule has 0 aliphatic heterocycles. The number of nitrogens with zero attached hydrogens (tertiary/aromatic N) is 3. The first-order valence-electron chi connectivity index (χ1n) is 8.72. The predicted octanol–water partition coefficient (Wildman–Crippen LogP) is 4.44. The van der Waals surface area contributed by atoms with Gasteiger partial charge in [-0.15, -0.1) is 11.3 Å². The van der Waals surface area contributed by atoms with Gasteiger partial charge in [0.15, 0.2) is 0 Å². The zero-order chi connectivity index (χ0) is 19.5. The molecule has 0 fully saturated rings. The second-order valence-corrected chi connectivity index (χ2v) is 7.89. The van der Waals surface area contributed by atoms with E-state index in [0.717, 1.165) is 32.2 Å². The number of amides is 2. The van der Waals surface area contributed by atoms with Crippen molar-refractivity contribution in [1.29, 1.82) is 0 Å². The van der Waals surface area contributed by atoms with Gasteiger partial charge < -0.3 is 10.6 Å². The van der Waals surface area contributed by atoms with E-state index in [1.807, 2.05) is 41.1 Å². The average molecular weight is 412 g/mol. The summed E-state index contributed by atoms with van der Waals surface area (Å²) in [6.07, 6.45) is 6.97. The lowest BCUT2D eigenvalue weighted by molar-refractivity contribution is 0.240. The average Bonchev–Trinajstić information content (AvgIpc) is 3.34. The molecule has 0 atom stereocenters. The van der Waals surface area contributed by atoms with Crippen LogP contribution >= 0.6 is 22.9 Å². The molecule has 8 heteroatoms. The number of imidazole rings is 1. The van der Waals surface area contributed by atoms with Crippen molar-refractivity contribution in [3.63, 3.8) is 0 Å². The van der Waals surface area contributed by atoms with Gasteiger partial charge in [-0.05, 0) is 47.7 Å². The van der Waals surface area contributed by atoms with Gasteiger partial charge in [-0.1, -0.05) is 17.7 Å². The van der Waals surface area contributed by atoms with Crippen LogP contribution in [-0.2, 0) is 13.1 Å². The molecule has 0 saturated heterocycles. The topological polar surface area (TPSA) is 71.8 Å². The van der Waals surface area contributed by atoms with E-state index in [1.165, 1.54) is 4.70 Å². The number of nitrogens with one attached hydrogen (secondary N) is 2. The molecule has 0 saturated carbocycles. The first kappa shape index (κ1) is 18.5. The Morgan fingerprint density at radius 1 is 1.21 bits per heavy atom. The van der Waals surface area contributed by atoms with E-state index in [0.29, 0.717) is 13.1 Å². The maximum Gasteiger partial charge on any atom is 0.315 e. The summed E-state index contributed by atoms with van der Waals surface area (Å²) in [5.74, 6) is 0.783. The number of halogens is 1. The number of urea groups is 1. The molecule has 1 aromatic carbocycles. The SMILES string of the molecule is Cc1c(CNC(=O)NCc2ccc(-n3ccnc3)nc2)sc2ccc(Cl)cc12. The molecule has 3 heterocycles. The van der Waals surface area contributed by atoms with Crippen molar-refractivity contribution >= 4 is 39.1 Å². The zero-order valence-electron chi connectivity index (χ0n) is 15.1. The molecule has 0 aliphatic rings. The minimum atomic E-state index is -0.214. The van der Waals surface area contributed by atoms with E-state index in [1.54, 1.807) is 30.1 Å². The highest BCUT2D eigenvalue weighted by atomic mass is 35.5. The molecule has 0 bridgehead atoms. The lowest BCUT2D eigenvalue weighted by atomic mass is 10.1. The van der Waals surface area contributed by atoms with Gasteiger partial charge >= 0.3 is 6.03 Å². The van der Waals surface area contributed by atoms with Gasteiger partial charge in [-0.3, -0.25) is 4.57 Å². The van der Waals surface area contributed by atoms with E-state index in [9.17, 15) is 4.79 Å². The Labute approximate surface area is 171 Å². The van der Waals surface area contributed by atoms with Gasteiger partial charge in [0.25, 0.3) is 0 Å². The predicted molar refractivity (Wildman–Crippen MR) is 112 cm³/mol. The fourth-order valence-corrected chi connectivity index (χ4v) is 4.19. The van der Waals surface area contributed by atoms with E-state index >= 15 is 0 Å². The maximum absolute atomic E-state index is 12.2. The third kappa shape index (κ3) is 4.00. The molecule has 2 amide bonds. The summed E-state index contributed by atoms with van der Waals surface area (Å²) in [5.41, 5.74) is 2.08. The fraction of sp³-hybridized carbons (Fsp3) is 0.150. The number of hydrogen-bond acceptors (Lipinski definition) is 4. The molecule has 142 valence electrons. The van der Waals surface area contributed by atoms with Crippen LogP contribution in [-0.4, -0.2) is 20.6 Å². The van der Waals surface area contributed by atoms with Gasteiger partial charge in [0.2, 0.25) is 0 Å². The lowest BCUT2D eigenvalue weighted by Crippen LogP contribution is -2.34. The smallest absolute Gasteiger partial charge is 0.315 e. The number of thiophene rings is 1. The van der Waals surface area contributed by atoms with Crippen LogP contribution in [0.25, 0.3) is 15.9 Å². The minimum absolute atomic E-state index is 0.214. The maximum atomic E-state index is 12.2. The molecule has 0 spiro atoms. The Morgan fingerprint density at radius 2 is 2.07 bits per heavy atom. The van der Waals surface area contributed by atoms with Gasteiger partial charge in [0.1, 0.15) is 12.1 Å². The number of fused-ring (bicyclic) bond motifs is 1. The Morgan fingerprint density at radius 3 is 2.82 bits per heavy atom. The summed E-state index contributed by atoms with van der Waals surface area (Å²) in [4.78, 5) is 21.7. The molecule has 4 aromatic rings. The largest absolute Gasteiger partial charge is 0.334 e. The molecule has 3 aromatic heterocycles. The highest BCUT2D eigenvalue weighted by Crippen LogP contribution is 2.32. The molecule has 2 N–H and O–H groups in total. The monoisotopic (exact) mass is 411 g/mol. The van der Waals surface area contributed by atoms with Crippen LogP contribution < -0.4 is 10.6 Å². The molecule has 0 aliphatic carbocycles. The Balaban J connectivity index is 1.32. The summed E-state index contributed by atoms with van der Waals surface area (Å²) in [6, 6.07) is 9.47. The summed E-state index contributed by atoms with van der Waals surface area (Å²) in [6.45, 7) is 2.94. The molecular weight excluding hydrogens is 394 g/mol. The standard InChI is InChI=1S/C20H18ClN5OS/c1-13-16-8-15(21)3-4-17(16)28-18(13)11-25-20(27)24-10-14-2-5-19(23-9-14)26-7-6-22-12-26/h2-9,12H,10-11H2,1H3,(H2,24,25,27). The number of rotatable bonds is 5. The van der Waals surface area contributed by atoms with Crippen LogP contribution in [0.2, 0.25) is 5.02 Å². The van der Waals surface area contributed by atoms with Gasteiger partial charge in [0.05, 0.1) is 6.54 Å². The number of carbonyl (C=O) groups is 1. The first-order valence-corrected chi connectivity index (χ1v) is 9.92. The highest BCUT2D eigenvalue weighted by molar-refractivity contribution is 7.19. The van der Waals surface area contributed by atoms with E-state index in [4.69, 9.17) is 11.6 Å². The Hall–Kier alpha value is -2.90. The van der Waals surface area contributed by atoms with E-state index < -0.39 is 0 Å². The molecule has 6 nitrogen and oxygen atoms in total. The van der Waals surface area contributed by atoms with E-state index in [2.05, 4.69) is 27.5 Å². The lowest BCUT2D eigenvalue weighted by Gasteiger charge is -2.08. The van der Waals surface area contributed by atoms with Crippen molar-refractivity contribution in [3.05, 3.63) is 76.3 Å². The van der Waals surface area contributed by atoms with Crippen LogP contribution in [0.4, 0.5) is 4.79 Å². The number of aryl methyl sites for hydroxylation is 1. The molecule has 0 radical (unpaired) electrons. The third-order valence-electron chi connectivity index (χ3n) is 4.44. The number of hydrogen-bond donors (Lipinski definition) is 2. The minimum Gasteiger partial charge on any atom is -0.334 e. The van der Waals surface area contributed by atoms with Crippen LogP contribution in [0.3, 0.4) is 0 Å². The van der Waals surface area contributed by atoms with E-state index in [-0.39, 0.29) is 6.03 Å². The first-order chi connectivity index (χ1) is 13.6. The molecule has 28 heavy (non-hydrogen) atoms. The van der Waals surface area contributed by atoms with Crippen molar-refractivity contribution in [3.8, 4) is 5.82 Å². The number of benzene rings is 1. The normalized spacial score (nSPS) is 10.9.